The van der Waals surface area contributed by atoms with Gasteiger partial charge < -0.3 is 14.8 Å². The number of aromatic nitrogens is 1. The summed E-state index contributed by atoms with van der Waals surface area (Å²) in [6.45, 7) is 8.07. The number of hydrogen-bond acceptors (Lipinski definition) is 3. The lowest BCUT2D eigenvalue weighted by molar-refractivity contribution is 0.0623. The largest absolute Gasteiger partial charge is 0.338 e. The standard InChI is InChI=1S/C28H31N3O3/c1-19-14-20(2)17-31(16-19)27(33)23-12-11-21(3)25(15-23)29-26(32)24-10-7-13-30(28(24)34)18-22-8-5-4-6-9-22/h4-13,15,19-20H,14,16-18H2,1-3H3,(H,29,32). The van der Waals surface area contributed by atoms with Gasteiger partial charge in [-0.1, -0.05) is 50.2 Å². The van der Waals surface area contributed by atoms with Gasteiger partial charge in [0.05, 0.1) is 6.54 Å². The highest BCUT2D eigenvalue weighted by atomic mass is 16.2. The third-order valence-corrected chi connectivity index (χ3v) is 6.35. The predicted octanol–water partition coefficient (Wildman–Crippen LogP) is 4.58. The Morgan fingerprint density at radius 1 is 0.971 bits per heavy atom. The zero-order chi connectivity index (χ0) is 24.2. The number of pyridine rings is 1. The Labute approximate surface area is 200 Å². The van der Waals surface area contributed by atoms with Crippen molar-refractivity contribution in [1.82, 2.24) is 9.47 Å². The molecule has 2 heterocycles. The van der Waals surface area contributed by atoms with Crippen molar-refractivity contribution in [2.24, 2.45) is 11.8 Å². The van der Waals surface area contributed by atoms with E-state index in [1.54, 1.807) is 24.4 Å². The SMILES string of the molecule is Cc1ccc(C(=O)N2CC(C)CC(C)C2)cc1NC(=O)c1cccn(Cc2ccccc2)c1=O. The van der Waals surface area contributed by atoms with Crippen LogP contribution in [0.25, 0.3) is 0 Å². The molecule has 2 aromatic carbocycles. The summed E-state index contributed by atoms with van der Waals surface area (Å²) in [4.78, 5) is 41.1. The molecule has 1 saturated heterocycles. The summed E-state index contributed by atoms with van der Waals surface area (Å²) in [5.74, 6) is 0.418. The Balaban J connectivity index is 1.54. The Morgan fingerprint density at radius 3 is 2.38 bits per heavy atom. The van der Waals surface area contributed by atoms with E-state index in [1.165, 1.54) is 10.6 Å². The van der Waals surface area contributed by atoms with Gasteiger partial charge in [-0.05, 0) is 60.6 Å². The molecular formula is C28H31N3O3. The highest BCUT2D eigenvalue weighted by molar-refractivity contribution is 6.05. The lowest BCUT2D eigenvalue weighted by Crippen LogP contribution is -2.42. The second kappa shape index (κ2) is 10.1. The zero-order valence-electron chi connectivity index (χ0n) is 20.0. The topological polar surface area (TPSA) is 71.4 Å². The van der Waals surface area contributed by atoms with Gasteiger partial charge in [0.15, 0.2) is 0 Å². The van der Waals surface area contributed by atoms with Crippen LogP contribution in [-0.4, -0.2) is 34.4 Å². The van der Waals surface area contributed by atoms with E-state index in [2.05, 4.69) is 19.2 Å². The van der Waals surface area contributed by atoms with Gasteiger partial charge in [-0.15, -0.1) is 0 Å². The molecule has 1 aliphatic rings. The van der Waals surface area contributed by atoms with Crippen molar-refractivity contribution in [2.45, 2.75) is 33.7 Å². The third-order valence-electron chi connectivity index (χ3n) is 6.35. The number of nitrogens with zero attached hydrogens (tertiary/aromatic N) is 2. The average Bonchev–Trinajstić information content (AvgIpc) is 2.81. The summed E-state index contributed by atoms with van der Waals surface area (Å²) in [5, 5.41) is 2.85. The fourth-order valence-electron chi connectivity index (χ4n) is 4.70. The maximum atomic E-state index is 13.1. The molecule has 0 spiro atoms. The molecule has 0 saturated carbocycles. The van der Waals surface area contributed by atoms with Crippen LogP contribution in [0.15, 0.2) is 71.7 Å². The first kappa shape index (κ1) is 23.5. The number of piperidine rings is 1. The molecule has 2 amide bonds. The first-order valence-electron chi connectivity index (χ1n) is 11.8. The van der Waals surface area contributed by atoms with E-state index in [0.29, 0.717) is 29.6 Å². The number of anilines is 1. The first-order chi connectivity index (χ1) is 16.3. The molecule has 0 radical (unpaired) electrons. The number of hydrogen-bond donors (Lipinski definition) is 1. The Bertz CT molecular complexity index is 1240. The average molecular weight is 458 g/mol. The molecule has 2 atom stereocenters. The highest BCUT2D eigenvalue weighted by Crippen LogP contribution is 2.24. The first-order valence-corrected chi connectivity index (χ1v) is 11.8. The highest BCUT2D eigenvalue weighted by Gasteiger charge is 2.26. The van der Waals surface area contributed by atoms with Crippen molar-refractivity contribution in [3.8, 4) is 0 Å². The van der Waals surface area contributed by atoms with Crippen molar-refractivity contribution in [3.05, 3.63) is 99.5 Å². The number of benzene rings is 2. The molecule has 4 rings (SSSR count). The van der Waals surface area contributed by atoms with Gasteiger partial charge >= 0.3 is 0 Å². The van der Waals surface area contributed by atoms with E-state index in [9.17, 15) is 14.4 Å². The van der Waals surface area contributed by atoms with Gasteiger partial charge in [-0.3, -0.25) is 14.4 Å². The van der Waals surface area contributed by atoms with Crippen molar-refractivity contribution < 1.29 is 9.59 Å². The van der Waals surface area contributed by atoms with E-state index >= 15 is 0 Å². The number of likely N-dealkylation sites (tertiary alicyclic amines) is 1. The summed E-state index contributed by atoms with van der Waals surface area (Å²) in [7, 11) is 0. The van der Waals surface area contributed by atoms with Crippen LogP contribution in [0.1, 0.15) is 52.1 Å². The van der Waals surface area contributed by atoms with Crippen molar-refractivity contribution in [3.63, 3.8) is 0 Å². The molecule has 1 aliphatic heterocycles. The monoisotopic (exact) mass is 457 g/mol. The van der Waals surface area contributed by atoms with Gasteiger partial charge in [0.2, 0.25) is 0 Å². The van der Waals surface area contributed by atoms with E-state index < -0.39 is 5.91 Å². The van der Waals surface area contributed by atoms with Crippen LogP contribution in [0.4, 0.5) is 5.69 Å². The number of carbonyl (C=O) groups excluding carboxylic acids is 2. The summed E-state index contributed by atoms with van der Waals surface area (Å²) < 4.78 is 1.52. The molecule has 0 bridgehead atoms. The number of nitrogens with one attached hydrogen (secondary N) is 1. The summed E-state index contributed by atoms with van der Waals surface area (Å²) in [6, 6.07) is 18.2. The number of aryl methyl sites for hydroxylation is 1. The quantitative estimate of drug-likeness (QED) is 0.610. The normalized spacial score (nSPS) is 17.9. The van der Waals surface area contributed by atoms with E-state index in [1.807, 2.05) is 48.2 Å². The molecule has 176 valence electrons. The van der Waals surface area contributed by atoms with E-state index in [4.69, 9.17) is 0 Å². The summed E-state index contributed by atoms with van der Waals surface area (Å²) in [6.07, 6.45) is 2.80. The molecule has 0 aliphatic carbocycles. The molecule has 2 unspecified atom stereocenters. The zero-order valence-corrected chi connectivity index (χ0v) is 20.0. The van der Waals surface area contributed by atoms with Crippen LogP contribution >= 0.6 is 0 Å². The molecule has 1 N–H and O–H groups in total. The Morgan fingerprint density at radius 2 is 1.68 bits per heavy atom. The van der Waals surface area contributed by atoms with Gasteiger partial charge in [0.25, 0.3) is 17.4 Å². The summed E-state index contributed by atoms with van der Waals surface area (Å²) >= 11 is 0. The number of amides is 2. The molecule has 6 nitrogen and oxygen atoms in total. The molecule has 34 heavy (non-hydrogen) atoms. The number of carbonyl (C=O) groups is 2. The Kier molecular flexibility index (Phi) is 6.96. The minimum atomic E-state index is -0.486. The van der Waals surface area contributed by atoms with Crippen LogP contribution in [0, 0.1) is 18.8 Å². The summed E-state index contributed by atoms with van der Waals surface area (Å²) in [5.41, 5.74) is 2.58. The molecular weight excluding hydrogens is 426 g/mol. The van der Waals surface area contributed by atoms with Crippen LogP contribution in [0.3, 0.4) is 0 Å². The minimum Gasteiger partial charge on any atom is -0.338 e. The second-order valence-corrected chi connectivity index (χ2v) is 9.48. The van der Waals surface area contributed by atoms with Gasteiger partial charge in [-0.25, -0.2) is 0 Å². The molecule has 6 heteroatoms. The maximum absolute atomic E-state index is 13.1. The molecule has 1 fully saturated rings. The van der Waals surface area contributed by atoms with Crippen molar-refractivity contribution in [2.75, 3.05) is 18.4 Å². The Hall–Kier alpha value is -3.67. The van der Waals surface area contributed by atoms with Crippen molar-refractivity contribution in [1.29, 1.82) is 0 Å². The van der Waals surface area contributed by atoms with Crippen LogP contribution < -0.4 is 10.9 Å². The van der Waals surface area contributed by atoms with E-state index in [0.717, 1.165) is 30.6 Å². The molecule has 3 aromatic rings. The van der Waals surface area contributed by atoms with Crippen LogP contribution in [0.2, 0.25) is 0 Å². The van der Waals surface area contributed by atoms with E-state index in [-0.39, 0.29) is 17.0 Å². The maximum Gasteiger partial charge on any atom is 0.263 e. The fourth-order valence-corrected chi connectivity index (χ4v) is 4.70. The van der Waals surface area contributed by atoms with Crippen molar-refractivity contribution >= 4 is 17.5 Å². The lowest BCUT2D eigenvalue weighted by atomic mass is 9.91. The van der Waals surface area contributed by atoms with Crippen LogP contribution in [-0.2, 0) is 6.54 Å². The number of rotatable bonds is 5. The van der Waals surface area contributed by atoms with Crippen LogP contribution in [0.5, 0.6) is 0 Å². The smallest absolute Gasteiger partial charge is 0.263 e. The minimum absolute atomic E-state index is 0.0289. The predicted molar refractivity (Wildman–Crippen MR) is 134 cm³/mol. The lowest BCUT2D eigenvalue weighted by Gasteiger charge is -2.35. The van der Waals surface area contributed by atoms with Gasteiger partial charge in [-0.2, -0.15) is 0 Å². The van der Waals surface area contributed by atoms with Gasteiger partial charge in [0.1, 0.15) is 5.56 Å². The van der Waals surface area contributed by atoms with Gasteiger partial charge in [0, 0.05) is 30.5 Å². The fraction of sp³-hybridized carbons (Fsp3) is 0.321. The molecule has 1 aromatic heterocycles. The third kappa shape index (κ3) is 5.28. The second-order valence-electron chi connectivity index (χ2n) is 9.48.